The Hall–Kier alpha value is -4.26. The molecule has 1 N–H and O–H groups in total. The van der Waals surface area contributed by atoms with Crippen molar-refractivity contribution in [1.82, 2.24) is 4.90 Å². The average molecular weight is 515 g/mol. The highest BCUT2D eigenvalue weighted by Crippen LogP contribution is 2.40. The zero-order valence-electron chi connectivity index (χ0n) is 22.3. The minimum Gasteiger partial charge on any atom is -0.507 e. The number of likely N-dealkylation sites (tertiary alicyclic amines) is 1. The quantitative estimate of drug-likeness (QED) is 0.227. The third kappa shape index (κ3) is 5.67. The number of Topliss-reactive ketones (excluding diaryl/α,β-unsaturated/α-hetero) is 1. The topological polar surface area (TPSA) is 79.3 Å². The molecule has 38 heavy (non-hydrogen) atoms. The Morgan fingerprint density at radius 3 is 2.32 bits per heavy atom. The van der Waals surface area contributed by atoms with Gasteiger partial charge in [-0.3, -0.25) is 9.59 Å². The van der Waals surface area contributed by atoms with E-state index in [1.807, 2.05) is 74.4 Å². The largest absolute Gasteiger partial charge is 0.507 e. The molecule has 1 amide bonds. The van der Waals surface area contributed by atoms with Crippen LogP contribution in [0.3, 0.4) is 0 Å². The highest BCUT2D eigenvalue weighted by molar-refractivity contribution is 6.46. The second kappa shape index (κ2) is 11.9. The van der Waals surface area contributed by atoms with Gasteiger partial charge in [0.25, 0.3) is 11.7 Å². The van der Waals surface area contributed by atoms with Gasteiger partial charge in [0.05, 0.1) is 25.3 Å². The number of hydrogen-bond donors (Lipinski definition) is 1. The van der Waals surface area contributed by atoms with Gasteiger partial charge in [-0.1, -0.05) is 43.3 Å². The molecule has 7 heteroatoms. The molecular formula is C31H34N2O5. The van der Waals surface area contributed by atoms with Crippen LogP contribution >= 0.6 is 0 Å². The van der Waals surface area contributed by atoms with Crippen molar-refractivity contribution >= 4 is 23.1 Å². The molecule has 0 aliphatic carbocycles. The molecule has 1 saturated heterocycles. The lowest BCUT2D eigenvalue weighted by Crippen LogP contribution is -2.31. The fourth-order valence-corrected chi connectivity index (χ4v) is 4.56. The number of anilines is 1. The van der Waals surface area contributed by atoms with E-state index >= 15 is 0 Å². The van der Waals surface area contributed by atoms with Crippen LogP contribution in [0, 0.1) is 0 Å². The molecule has 0 saturated carbocycles. The Morgan fingerprint density at radius 2 is 1.68 bits per heavy atom. The summed E-state index contributed by atoms with van der Waals surface area (Å²) in [5.41, 5.74) is 3.26. The van der Waals surface area contributed by atoms with Crippen LogP contribution in [0.2, 0.25) is 0 Å². The molecule has 0 radical (unpaired) electrons. The van der Waals surface area contributed by atoms with Gasteiger partial charge in [-0.15, -0.1) is 0 Å². The normalized spacial score (nSPS) is 16.5. The van der Waals surface area contributed by atoms with E-state index in [2.05, 4.69) is 0 Å². The second-order valence-electron chi connectivity index (χ2n) is 9.45. The summed E-state index contributed by atoms with van der Waals surface area (Å²) in [6.07, 6.45) is 1.39. The summed E-state index contributed by atoms with van der Waals surface area (Å²) in [7, 11) is 5.51. The number of aliphatic hydroxyl groups excluding tert-OH is 1. The number of methoxy groups -OCH3 is 1. The minimum absolute atomic E-state index is 0.0787. The molecule has 1 fully saturated rings. The summed E-state index contributed by atoms with van der Waals surface area (Å²) in [6.45, 7) is 2.87. The zero-order valence-corrected chi connectivity index (χ0v) is 22.3. The van der Waals surface area contributed by atoms with Gasteiger partial charge < -0.3 is 24.4 Å². The Bertz CT molecular complexity index is 1310. The van der Waals surface area contributed by atoms with E-state index < -0.39 is 17.7 Å². The first-order valence-corrected chi connectivity index (χ1v) is 12.8. The fraction of sp³-hybridized carbons (Fsp3) is 0.290. The molecule has 198 valence electrons. The summed E-state index contributed by atoms with van der Waals surface area (Å²) >= 11 is 0. The van der Waals surface area contributed by atoms with Crippen molar-refractivity contribution in [2.75, 3.05) is 39.3 Å². The van der Waals surface area contributed by atoms with Crippen molar-refractivity contribution < 1.29 is 24.2 Å². The maximum atomic E-state index is 13.4. The fourth-order valence-electron chi connectivity index (χ4n) is 4.56. The third-order valence-corrected chi connectivity index (χ3v) is 6.65. The van der Waals surface area contributed by atoms with E-state index in [1.165, 1.54) is 0 Å². The van der Waals surface area contributed by atoms with E-state index in [0.717, 1.165) is 29.0 Å². The smallest absolute Gasteiger partial charge is 0.295 e. The molecule has 1 aliphatic heterocycles. The number of carbonyl (C=O) groups excluding carboxylic acids is 2. The van der Waals surface area contributed by atoms with Gasteiger partial charge in [-0.25, -0.2) is 0 Å². The lowest BCUT2D eigenvalue weighted by Gasteiger charge is -2.26. The van der Waals surface area contributed by atoms with E-state index in [0.29, 0.717) is 30.9 Å². The molecule has 3 aromatic carbocycles. The summed E-state index contributed by atoms with van der Waals surface area (Å²) in [6, 6.07) is 21.6. The van der Waals surface area contributed by atoms with Crippen LogP contribution < -0.4 is 14.4 Å². The lowest BCUT2D eigenvalue weighted by molar-refractivity contribution is -0.139. The van der Waals surface area contributed by atoms with E-state index in [1.54, 1.807) is 36.3 Å². The van der Waals surface area contributed by atoms with Crippen molar-refractivity contribution in [3.05, 3.63) is 95.1 Å². The minimum atomic E-state index is -0.718. The van der Waals surface area contributed by atoms with Gasteiger partial charge in [-0.2, -0.15) is 0 Å². The summed E-state index contributed by atoms with van der Waals surface area (Å²) in [5, 5.41) is 11.4. The first-order valence-electron chi connectivity index (χ1n) is 12.8. The van der Waals surface area contributed by atoms with Crippen LogP contribution in [-0.2, 0) is 16.0 Å². The molecular weight excluding hydrogens is 480 g/mol. The number of hydrogen-bond acceptors (Lipinski definition) is 6. The molecule has 3 aromatic rings. The average Bonchev–Trinajstić information content (AvgIpc) is 3.20. The third-order valence-electron chi connectivity index (χ3n) is 6.65. The van der Waals surface area contributed by atoms with Crippen molar-refractivity contribution in [3.63, 3.8) is 0 Å². The van der Waals surface area contributed by atoms with Crippen molar-refractivity contribution in [3.8, 4) is 11.5 Å². The maximum absolute atomic E-state index is 13.4. The van der Waals surface area contributed by atoms with Crippen molar-refractivity contribution in [2.45, 2.75) is 25.8 Å². The molecule has 0 bridgehead atoms. The monoisotopic (exact) mass is 514 g/mol. The second-order valence-corrected chi connectivity index (χ2v) is 9.45. The van der Waals surface area contributed by atoms with Crippen molar-refractivity contribution in [1.29, 1.82) is 0 Å². The maximum Gasteiger partial charge on any atom is 0.295 e. The number of aliphatic hydroxyl groups is 1. The lowest BCUT2D eigenvalue weighted by atomic mass is 9.95. The number of benzene rings is 3. The molecule has 1 unspecified atom stereocenters. The van der Waals surface area contributed by atoms with Gasteiger partial charge in [-0.05, 0) is 60.4 Å². The Labute approximate surface area is 223 Å². The zero-order chi connectivity index (χ0) is 27.2. The number of nitrogens with zero attached hydrogens (tertiary/aromatic N) is 2. The Balaban J connectivity index is 1.74. The van der Waals surface area contributed by atoms with Crippen LogP contribution in [0.4, 0.5) is 5.69 Å². The number of rotatable bonds is 10. The van der Waals surface area contributed by atoms with Gasteiger partial charge in [0.15, 0.2) is 0 Å². The Kier molecular flexibility index (Phi) is 8.36. The number of ketones is 1. The first-order chi connectivity index (χ1) is 18.3. The number of ether oxygens (including phenoxy) is 2. The van der Waals surface area contributed by atoms with E-state index in [9.17, 15) is 14.7 Å². The summed E-state index contributed by atoms with van der Waals surface area (Å²) in [4.78, 5) is 30.2. The molecule has 0 aromatic heterocycles. The van der Waals surface area contributed by atoms with Gasteiger partial charge >= 0.3 is 0 Å². The molecule has 1 aliphatic rings. The summed E-state index contributed by atoms with van der Waals surface area (Å²) < 4.78 is 11.0. The molecule has 7 nitrogen and oxygen atoms in total. The van der Waals surface area contributed by atoms with Crippen molar-refractivity contribution in [2.24, 2.45) is 0 Å². The van der Waals surface area contributed by atoms with Crippen LogP contribution in [-0.4, -0.2) is 56.1 Å². The van der Waals surface area contributed by atoms with Gasteiger partial charge in [0.2, 0.25) is 0 Å². The molecule has 1 heterocycles. The SMILES string of the molecule is CCCOc1cccc(/C(O)=C2/C(=O)C(=O)N(CCc3ccc(OC)cc3)C2c2ccc(N(C)C)cc2)c1. The number of carbonyl (C=O) groups is 2. The first kappa shape index (κ1) is 26.8. The summed E-state index contributed by atoms with van der Waals surface area (Å²) in [5.74, 6) is -0.185. The molecule has 0 spiro atoms. The highest BCUT2D eigenvalue weighted by Gasteiger charge is 2.45. The Morgan fingerprint density at radius 1 is 0.974 bits per heavy atom. The van der Waals surface area contributed by atoms with E-state index in [-0.39, 0.29) is 11.3 Å². The van der Waals surface area contributed by atoms with Crippen LogP contribution in [0.15, 0.2) is 78.4 Å². The number of amides is 1. The van der Waals surface area contributed by atoms with E-state index in [4.69, 9.17) is 9.47 Å². The standard InChI is InChI=1S/C31H34N2O5/c1-5-19-38-26-8-6-7-23(20-26)29(34)27-28(22-11-13-24(14-12-22)32(2)3)33(31(36)30(27)35)18-17-21-9-15-25(37-4)16-10-21/h6-16,20,28,34H,5,17-19H2,1-4H3/b29-27-. The van der Waals surface area contributed by atoms with Crippen LogP contribution in [0.25, 0.3) is 5.76 Å². The predicted molar refractivity (Wildman–Crippen MR) is 149 cm³/mol. The molecule has 4 rings (SSSR count). The van der Waals surface area contributed by atoms with Gasteiger partial charge in [0, 0.05) is 31.9 Å². The molecule has 1 atom stereocenters. The van der Waals surface area contributed by atoms with Gasteiger partial charge in [0.1, 0.15) is 17.3 Å². The van der Waals surface area contributed by atoms with Crippen LogP contribution in [0.5, 0.6) is 11.5 Å². The highest BCUT2D eigenvalue weighted by atomic mass is 16.5. The van der Waals surface area contributed by atoms with Crippen LogP contribution in [0.1, 0.15) is 36.1 Å². The predicted octanol–water partition coefficient (Wildman–Crippen LogP) is 5.21.